The number of carbonyl (C=O) groups excluding carboxylic acids is 1. The van der Waals surface area contributed by atoms with Crippen molar-refractivity contribution in [3.8, 4) is 0 Å². The van der Waals surface area contributed by atoms with E-state index in [1.165, 1.54) is 6.20 Å². The van der Waals surface area contributed by atoms with Crippen molar-refractivity contribution in [2.75, 3.05) is 7.05 Å². The van der Waals surface area contributed by atoms with Crippen molar-refractivity contribution in [2.45, 2.75) is 6.54 Å². The fraction of sp³-hybridized carbons (Fsp3) is 0.154. The second-order valence-corrected chi connectivity index (χ2v) is 4.32. The molecule has 0 aromatic carbocycles. The van der Waals surface area contributed by atoms with Crippen LogP contribution in [0, 0.1) is 0 Å². The lowest BCUT2D eigenvalue weighted by Crippen LogP contribution is -2.27. The SMILES string of the molecule is CN(Cc1cccnc1)C(=O)c1cc(Cl)ccn1. The molecule has 0 radical (unpaired) electrons. The van der Waals surface area contributed by atoms with Gasteiger partial charge in [-0.3, -0.25) is 14.8 Å². The van der Waals surface area contributed by atoms with Crippen LogP contribution >= 0.6 is 11.6 Å². The van der Waals surface area contributed by atoms with E-state index < -0.39 is 0 Å². The molecule has 0 spiro atoms. The molecule has 5 heteroatoms. The topological polar surface area (TPSA) is 46.1 Å². The maximum Gasteiger partial charge on any atom is 0.272 e. The van der Waals surface area contributed by atoms with Gasteiger partial charge in [-0.15, -0.1) is 0 Å². The van der Waals surface area contributed by atoms with Gasteiger partial charge in [0, 0.05) is 37.2 Å². The Morgan fingerprint density at radius 2 is 2.22 bits per heavy atom. The number of rotatable bonds is 3. The van der Waals surface area contributed by atoms with Gasteiger partial charge >= 0.3 is 0 Å². The molecule has 2 aromatic rings. The van der Waals surface area contributed by atoms with Gasteiger partial charge < -0.3 is 4.90 Å². The van der Waals surface area contributed by atoms with E-state index >= 15 is 0 Å². The third-order valence-corrected chi connectivity index (χ3v) is 2.67. The molecule has 0 fully saturated rings. The highest BCUT2D eigenvalue weighted by atomic mass is 35.5. The number of carbonyl (C=O) groups is 1. The summed E-state index contributed by atoms with van der Waals surface area (Å²) < 4.78 is 0. The molecule has 92 valence electrons. The summed E-state index contributed by atoms with van der Waals surface area (Å²) in [6, 6.07) is 6.95. The first-order valence-corrected chi connectivity index (χ1v) is 5.80. The Kier molecular flexibility index (Phi) is 3.89. The molecular weight excluding hydrogens is 250 g/mol. The predicted octanol–water partition coefficient (Wildman–Crippen LogP) is 2.40. The highest BCUT2D eigenvalue weighted by molar-refractivity contribution is 6.30. The lowest BCUT2D eigenvalue weighted by Gasteiger charge is -2.16. The standard InChI is InChI=1S/C13H12ClN3O/c1-17(9-10-3-2-5-15-8-10)13(18)12-7-11(14)4-6-16-12/h2-8H,9H2,1H3. The van der Waals surface area contributed by atoms with Gasteiger partial charge in [0.25, 0.3) is 5.91 Å². The summed E-state index contributed by atoms with van der Waals surface area (Å²) in [7, 11) is 1.72. The van der Waals surface area contributed by atoms with Gasteiger partial charge in [0.2, 0.25) is 0 Å². The normalized spacial score (nSPS) is 10.1. The zero-order valence-electron chi connectivity index (χ0n) is 9.88. The molecule has 2 rings (SSSR count). The fourth-order valence-electron chi connectivity index (χ4n) is 1.55. The second-order valence-electron chi connectivity index (χ2n) is 3.88. The molecule has 0 N–H and O–H groups in total. The van der Waals surface area contributed by atoms with Crippen molar-refractivity contribution in [3.63, 3.8) is 0 Å². The summed E-state index contributed by atoms with van der Waals surface area (Å²) in [6.07, 6.45) is 4.95. The minimum atomic E-state index is -0.165. The van der Waals surface area contributed by atoms with Crippen molar-refractivity contribution in [3.05, 3.63) is 59.1 Å². The Morgan fingerprint density at radius 1 is 1.39 bits per heavy atom. The van der Waals surface area contributed by atoms with Gasteiger partial charge in [-0.2, -0.15) is 0 Å². The van der Waals surface area contributed by atoms with Crippen LogP contribution in [0.1, 0.15) is 16.1 Å². The molecule has 18 heavy (non-hydrogen) atoms. The molecule has 0 saturated heterocycles. The van der Waals surface area contributed by atoms with Crippen LogP contribution in [-0.2, 0) is 6.54 Å². The van der Waals surface area contributed by atoms with E-state index in [-0.39, 0.29) is 5.91 Å². The number of aromatic nitrogens is 2. The maximum absolute atomic E-state index is 12.1. The van der Waals surface area contributed by atoms with Crippen LogP contribution in [-0.4, -0.2) is 27.8 Å². The van der Waals surface area contributed by atoms with E-state index in [0.29, 0.717) is 17.3 Å². The molecule has 0 atom stereocenters. The van der Waals surface area contributed by atoms with Gasteiger partial charge in [-0.05, 0) is 23.8 Å². The summed E-state index contributed by atoms with van der Waals surface area (Å²) >= 11 is 5.83. The lowest BCUT2D eigenvalue weighted by atomic mass is 10.2. The zero-order valence-corrected chi connectivity index (χ0v) is 10.6. The average molecular weight is 262 g/mol. The Balaban J connectivity index is 2.10. The molecule has 2 heterocycles. The van der Waals surface area contributed by atoms with Gasteiger partial charge in [0.05, 0.1) is 0 Å². The third-order valence-electron chi connectivity index (χ3n) is 2.43. The Labute approximate surface area is 110 Å². The van der Waals surface area contributed by atoms with E-state index in [0.717, 1.165) is 5.56 Å². The van der Waals surface area contributed by atoms with Gasteiger partial charge in [-0.1, -0.05) is 17.7 Å². The van der Waals surface area contributed by atoms with Gasteiger partial charge in [0.15, 0.2) is 0 Å². The van der Waals surface area contributed by atoms with Crippen molar-refractivity contribution >= 4 is 17.5 Å². The molecule has 0 bridgehead atoms. The molecule has 0 aliphatic carbocycles. The summed E-state index contributed by atoms with van der Waals surface area (Å²) in [5, 5.41) is 0.503. The van der Waals surface area contributed by atoms with E-state index in [2.05, 4.69) is 9.97 Å². The summed E-state index contributed by atoms with van der Waals surface area (Å²) in [4.78, 5) is 21.7. The molecule has 1 amide bonds. The number of amides is 1. The molecule has 2 aromatic heterocycles. The highest BCUT2D eigenvalue weighted by Crippen LogP contribution is 2.11. The monoisotopic (exact) mass is 261 g/mol. The molecule has 0 unspecified atom stereocenters. The minimum absolute atomic E-state index is 0.165. The first kappa shape index (κ1) is 12.5. The number of nitrogens with zero attached hydrogens (tertiary/aromatic N) is 3. The number of halogens is 1. The third kappa shape index (κ3) is 3.05. The Morgan fingerprint density at radius 3 is 2.89 bits per heavy atom. The van der Waals surface area contributed by atoms with Crippen molar-refractivity contribution < 1.29 is 4.79 Å². The van der Waals surface area contributed by atoms with Gasteiger partial charge in [-0.25, -0.2) is 0 Å². The molecule has 0 saturated carbocycles. The number of hydrogen-bond donors (Lipinski definition) is 0. The van der Waals surface area contributed by atoms with Crippen LogP contribution in [0.5, 0.6) is 0 Å². The van der Waals surface area contributed by atoms with Crippen molar-refractivity contribution in [1.29, 1.82) is 0 Å². The Hall–Kier alpha value is -1.94. The lowest BCUT2D eigenvalue weighted by molar-refractivity contribution is 0.0779. The van der Waals surface area contributed by atoms with E-state index in [1.54, 1.807) is 36.5 Å². The van der Waals surface area contributed by atoms with Crippen LogP contribution in [0.15, 0.2) is 42.9 Å². The average Bonchev–Trinajstić information content (AvgIpc) is 2.39. The quantitative estimate of drug-likeness (QED) is 0.852. The van der Waals surface area contributed by atoms with Gasteiger partial charge in [0.1, 0.15) is 5.69 Å². The van der Waals surface area contributed by atoms with Crippen LogP contribution < -0.4 is 0 Å². The largest absolute Gasteiger partial charge is 0.336 e. The molecule has 4 nitrogen and oxygen atoms in total. The highest BCUT2D eigenvalue weighted by Gasteiger charge is 2.13. The minimum Gasteiger partial charge on any atom is -0.336 e. The second kappa shape index (κ2) is 5.60. The van der Waals surface area contributed by atoms with E-state index in [1.807, 2.05) is 12.1 Å². The molecule has 0 aliphatic heterocycles. The summed E-state index contributed by atoms with van der Waals surface area (Å²) in [5.74, 6) is -0.165. The van der Waals surface area contributed by atoms with E-state index in [9.17, 15) is 4.79 Å². The summed E-state index contributed by atoms with van der Waals surface area (Å²) in [6.45, 7) is 0.487. The van der Waals surface area contributed by atoms with Crippen molar-refractivity contribution in [2.24, 2.45) is 0 Å². The van der Waals surface area contributed by atoms with Crippen molar-refractivity contribution in [1.82, 2.24) is 14.9 Å². The van der Waals surface area contributed by atoms with Crippen LogP contribution in [0.3, 0.4) is 0 Å². The Bertz CT molecular complexity index is 545. The number of hydrogen-bond acceptors (Lipinski definition) is 3. The summed E-state index contributed by atoms with van der Waals surface area (Å²) in [5.41, 5.74) is 1.31. The smallest absolute Gasteiger partial charge is 0.272 e. The first-order chi connectivity index (χ1) is 8.66. The molecule has 0 aliphatic rings. The number of pyridine rings is 2. The van der Waals surface area contributed by atoms with Crippen LogP contribution in [0.2, 0.25) is 5.02 Å². The van der Waals surface area contributed by atoms with E-state index in [4.69, 9.17) is 11.6 Å². The first-order valence-electron chi connectivity index (χ1n) is 5.43. The predicted molar refractivity (Wildman–Crippen MR) is 69.3 cm³/mol. The van der Waals surface area contributed by atoms with Crippen LogP contribution in [0.25, 0.3) is 0 Å². The zero-order chi connectivity index (χ0) is 13.0. The molecular formula is C13H12ClN3O. The fourth-order valence-corrected chi connectivity index (χ4v) is 1.71. The van der Waals surface area contributed by atoms with Crippen LogP contribution in [0.4, 0.5) is 0 Å². The maximum atomic E-state index is 12.1.